The number of carbonyl (C=O) groups excluding carboxylic acids is 1. The van der Waals surface area contributed by atoms with E-state index in [-0.39, 0.29) is 30.5 Å². The maximum absolute atomic E-state index is 13.2. The number of amides is 1. The molecule has 8 nitrogen and oxygen atoms in total. The lowest BCUT2D eigenvalue weighted by Crippen LogP contribution is -2.54. The molecule has 0 unspecified atom stereocenters. The normalized spacial score (nSPS) is 32.2. The van der Waals surface area contributed by atoms with Crippen molar-refractivity contribution in [1.82, 2.24) is 19.6 Å². The highest BCUT2D eigenvalue weighted by Gasteiger charge is 2.62. The van der Waals surface area contributed by atoms with Crippen molar-refractivity contribution >= 4 is 12.0 Å². The number of aliphatic hydroxyl groups is 1. The van der Waals surface area contributed by atoms with Crippen LogP contribution >= 0.6 is 0 Å². The summed E-state index contributed by atoms with van der Waals surface area (Å²) < 4.78 is 13.8. The number of hydrogen-bond donors (Lipinski definition) is 1. The number of morpholine rings is 1. The zero-order valence-electron chi connectivity index (χ0n) is 17.5. The van der Waals surface area contributed by atoms with Crippen LogP contribution in [0, 0.1) is 11.8 Å². The van der Waals surface area contributed by atoms with Crippen LogP contribution in [0.25, 0.3) is 6.08 Å². The molecule has 3 saturated heterocycles. The number of aliphatic hydroxyl groups excluding tert-OH is 1. The number of hydrogen-bond acceptors (Lipinski definition) is 6. The third kappa shape index (κ3) is 3.16. The second-order valence-electron chi connectivity index (χ2n) is 9.32. The van der Waals surface area contributed by atoms with Gasteiger partial charge in [0.05, 0.1) is 18.9 Å². The van der Waals surface area contributed by atoms with Crippen LogP contribution in [0.2, 0.25) is 0 Å². The van der Waals surface area contributed by atoms with Crippen molar-refractivity contribution in [2.24, 2.45) is 11.8 Å². The molecular formula is C23H28N4O4. The third-order valence-corrected chi connectivity index (χ3v) is 7.43. The number of aromatic nitrogens is 2. The van der Waals surface area contributed by atoms with E-state index < -0.39 is 5.60 Å². The summed E-state index contributed by atoms with van der Waals surface area (Å²) in [6.07, 6.45) is 7.86. The highest BCUT2D eigenvalue weighted by molar-refractivity contribution is 5.92. The molecule has 3 fully saturated rings. The van der Waals surface area contributed by atoms with Gasteiger partial charge in [0.1, 0.15) is 11.4 Å². The fourth-order valence-corrected chi connectivity index (χ4v) is 6.05. The molecule has 2 bridgehead atoms. The lowest BCUT2D eigenvalue weighted by molar-refractivity contribution is -0.113. The number of likely N-dealkylation sites (tertiary alicyclic amines) is 2. The Labute approximate surface area is 181 Å². The van der Waals surface area contributed by atoms with Crippen LogP contribution in [-0.2, 0) is 17.7 Å². The summed E-state index contributed by atoms with van der Waals surface area (Å²) in [5.41, 5.74) is 1.28. The number of aryl methyl sites for hydroxylation is 2. The van der Waals surface area contributed by atoms with Crippen LogP contribution in [-0.4, -0.2) is 81.6 Å². The fourth-order valence-electron chi connectivity index (χ4n) is 6.05. The van der Waals surface area contributed by atoms with Gasteiger partial charge in [-0.2, -0.15) is 5.10 Å². The topological polar surface area (TPSA) is 84.0 Å². The van der Waals surface area contributed by atoms with Crippen LogP contribution in [0.15, 0.2) is 35.0 Å². The molecule has 2 aromatic heterocycles. The largest absolute Gasteiger partial charge is 0.465 e. The standard InChI is InChI=1S/C23H28N4O4/c28-13-18-19-11-26(22(29)20-10-16-4-1-8-27(16)24-20)15-23(19)14-25(12-21(18)31-23)7-2-5-17-6-3-9-30-17/h2-3,5-6,9-10,18-19,21,28H,1,4,7-8,11-15H2/b5-2+/t18-,19+,21+,23+/m0/s1. The van der Waals surface area contributed by atoms with E-state index in [1.807, 2.05) is 33.9 Å². The Hall–Kier alpha value is -2.42. The number of nitrogens with zero attached hydrogens (tertiary/aromatic N) is 4. The Morgan fingerprint density at radius 1 is 1.35 bits per heavy atom. The summed E-state index contributed by atoms with van der Waals surface area (Å²) in [6, 6.07) is 5.76. The molecule has 8 heteroatoms. The molecule has 164 valence electrons. The van der Waals surface area contributed by atoms with Crippen molar-refractivity contribution in [2.45, 2.75) is 31.1 Å². The van der Waals surface area contributed by atoms with Crippen LogP contribution in [0.5, 0.6) is 0 Å². The van der Waals surface area contributed by atoms with Gasteiger partial charge in [0, 0.05) is 56.9 Å². The van der Waals surface area contributed by atoms with Gasteiger partial charge in [0.25, 0.3) is 5.91 Å². The quantitative estimate of drug-likeness (QED) is 0.778. The second kappa shape index (κ2) is 7.32. The van der Waals surface area contributed by atoms with E-state index in [4.69, 9.17) is 9.15 Å². The molecule has 1 spiro atoms. The number of rotatable bonds is 5. The maximum Gasteiger partial charge on any atom is 0.274 e. The monoisotopic (exact) mass is 424 g/mol. The number of furan rings is 1. The second-order valence-corrected chi connectivity index (χ2v) is 9.32. The molecule has 4 aliphatic rings. The van der Waals surface area contributed by atoms with Crippen LogP contribution in [0.1, 0.15) is 28.4 Å². The molecule has 6 heterocycles. The highest BCUT2D eigenvalue weighted by Crippen LogP contribution is 2.49. The first-order chi connectivity index (χ1) is 15.1. The zero-order chi connectivity index (χ0) is 21.0. The molecule has 31 heavy (non-hydrogen) atoms. The molecule has 0 aliphatic carbocycles. The van der Waals surface area contributed by atoms with Crippen LogP contribution in [0.4, 0.5) is 0 Å². The van der Waals surface area contributed by atoms with Gasteiger partial charge in [-0.1, -0.05) is 6.08 Å². The van der Waals surface area contributed by atoms with Crippen molar-refractivity contribution in [3.63, 3.8) is 0 Å². The molecule has 4 atom stereocenters. The van der Waals surface area contributed by atoms with Crippen molar-refractivity contribution < 1.29 is 19.1 Å². The average Bonchev–Trinajstić information content (AvgIpc) is 3.54. The Bertz CT molecular complexity index is 978. The molecule has 1 N–H and O–H groups in total. The first-order valence-electron chi connectivity index (χ1n) is 11.2. The van der Waals surface area contributed by atoms with Crippen LogP contribution < -0.4 is 0 Å². The molecule has 6 rings (SSSR count). The van der Waals surface area contributed by atoms with Gasteiger partial charge in [-0.3, -0.25) is 14.4 Å². The smallest absolute Gasteiger partial charge is 0.274 e. The van der Waals surface area contributed by atoms with Gasteiger partial charge in [0.2, 0.25) is 0 Å². The van der Waals surface area contributed by atoms with Crippen LogP contribution in [0.3, 0.4) is 0 Å². The number of ether oxygens (including phenoxy) is 1. The molecule has 4 aliphatic heterocycles. The molecule has 0 saturated carbocycles. The van der Waals surface area contributed by atoms with E-state index in [1.165, 1.54) is 0 Å². The Morgan fingerprint density at radius 3 is 3.10 bits per heavy atom. The van der Waals surface area contributed by atoms with E-state index in [1.54, 1.807) is 6.26 Å². The Balaban J connectivity index is 1.19. The maximum atomic E-state index is 13.2. The van der Waals surface area contributed by atoms with Crippen molar-refractivity contribution in [3.05, 3.63) is 47.7 Å². The molecule has 1 amide bonds. The predicted molar refractivity (Wildman–Crippen MR) is 112 cm³/mol. The average molecular weight is 425 g/mol. The molecule has 2 aromatic rings. The van der Waals surface area contributed by atoms with E-state index in [0.29, 0.717) is 18.8 Å². The minimum absolute atomic E-state index is 0.00872. The van der Waals surface area contributed by atoms with Gasteiger partial charge in [-0.25, -0.2) is 0 Å². The molecular weight excluding hydrogens is 396 g/mol. The van der Waals surface area contributed by atoms with Crippen molar-refractivity contribution in [2.75, 3.05) is 39.3 Å². The lowest BCUT2D eigenvalue weighted by atomic mass is 9.83. The van der Waals surface area contributed by atoms with E-state index >= 15 is 0 Å². The molecule has 0 aromatic carbocycles. The zero-order valence-corrected chi connectivity index (χ0v) is 17.5. The summed E-state index contributed by atoms with van der Waals surface area (Å²) in [5.74, 6) is 1.03. The minimum atomic E-state index is -0.410. The molecule has 0 radical (unpaired) electrons. The summed E-state index contributed by atoms with van der Waals surface area (Å²) in [6.45, 7) is 4.52. The first-order valence-corrected chi connectivity index (χ1v) is 11.2. The highest BCUT2D eigenvalue weighted by atomic mass is 16.5. The van der Waals surface area contributed by atoms with E-state index in [0.717, 1.165) is 50.5 Å². The summed E-state index contributed by atoms with van der Waals surface area (Å²) in [5, 5.41) is 14.7. The van der Waals surface area contributed by atoms with Crippen molar-refractivity contribution in [1.29, 1.82) is 0 Å². The summed E-state index contributed by atoms with van der Waals surface area (Å²) in [7, 11) is 0. The lowest BCUT2D eigenvalue weighted by Gasteiger charge is -2.40. The summed E-state index contributed by atoms with van der Waals surface area (Å²) in [4.78, 5) is 17.5. The number of carbonyl (C=O) groups is 1. The van der Waals surface area contributed by atoms with Gasteiger partial charge in [-0.05, 0) is 37.1 Å². The van der Waals surface area contributed by atoms with Gasteiger partial charge < -0.3 is 19.2 Å². The van der Waals surface area contributed by atoms with Gasteiger partial charge in [-0.15, -0.1) is 0 Å². The third-order valence-electron chi connectivity index (χ3n) is 7.43. The SMILES string of the molecule is O=C(c1cc2n(n1)CCC2)N1C[C@@H]2[C@H](CO)[C@H]3CN(C/C=C/c4ccco4)C[C@]2(C1)O3. The Kier molecular flexibility index (Phi) is 4.55. The van der Waals surface area contributed by atoms with Gasteiger partial charge in [0.15, 0.2) is 5.69 Å². The first kappa shape index (κ1) is 19.3. The fraction of sp³-hybridized carbons (Fsp3) is 0.565. The Morgan fingerprint density at radius 2 is 2.29 bits per heavy atom. The van der Waals surface area contributed by atoms with Crippen molar-refractivity contribution in [3.8, 4) is 0 Å². The minimum Gasteiger partial charge on any atom is -0.465 e. The van der Waals surface area contributed by atoms with E-state index in [2.05, 4.69) is 16.1 Å². The summed E-state index contributed by atoms with van der Waals surface area (Å²) >= 11 is 0. The number of fused-ring (bicyclic) bond motifs is 2. The predicted octanol–water partition coefficient (Wildman–Crippen LogP) is 1.27. The van der Waals surface area contributed by atoms with E-state index in [9.17, 15) is 9.90 Å². The van der Waals surface area contributed by atoms with Gasteiger partial charge >= 0.3 is 0 Å².